The Morgan fingerprint density at radius 2 is 1.57 bits per heavy atom. The fourth-order valence-electron chi connectivity index (χ4n) is 2.69. The minimum atomic E-state index is -3.93. The number of sulfonamides is 1. The van der Waals surface area contributed by atoms with Crippen LogP contribution in [0.5, 0.6) is 11.5 Å². The van der Waals surface area contributed by atoms with Gasteiger partial charge in [0.2, 0.25) is 0 Å². The Bertz CT molecular complexity index is 1230. The fraction of sp³-hybridized carbons (Fsp3) is 0. The van der Waals surface area contributed by atoms with E-state index in [1.807, 2.05) is 0 Å². The van der Waals surface area contributed by atoms with Gasteiger partial charge in [0.15, 0.2) is 0 Å². The summed E-state index contributed by atoms with van der Waals surface area (Å²) >= 11 is 0. The van der Waals surface area contributed by atoms with E-state index < -0.39 is 15.8 Å². The Balaban J connectivity index is 1.59. The van der Waals surface area contributed by atoms with Crippen molar-refractivity contribution in [3.05, 3.63) is 85.1 Å². The number of halogens is 1. The number of pyridine rings is 2. The van der Waals surface area contributed by atoms with Gasteiger partial charge in [-0.1, -0.05) is 0 Å². The number of nitrogens with zero attached hydrogens (tertiary/aromatic N) is 2. The molecule has 0 bridgehead atoms. The highest BCUT2D eigenvalue weighted by Gasteiger charge is 2.19. The van der Waals surface area contributed by atoms with Gasteiger partial charge in [0, 0.05) is 29.7 Å². The molecule has 4 rings (SSSR count). The summed E-state index contributed by atoms with van der Waals surface area (Å²) in [7, 11) is -3.93. The zero-order valence-corrected chi connectivity index (χ0v) is 15.2. The highest BCUT2D eigenvalue weighted by molar-refractivity contribution is 7.93. The number of hydrogen-bond donors (Lipinski definition) is 1. The van der Waals surface area contributed by atoms with Crippen molar-refractivity contribution in [2.75, 3.05) is 4.72 Å². The third-order valence-corrected chi connectivity index (χ3v) is 5.40. The molecule has 140 valence electrons. The highest BCUT2D eigenvalue weighted by atomic mass is 32.2. The number of aromatic nitrogens is 2. The predicted molar refractivity (Wildman–Crippen MR) is 103 cm³/mol. The monoisotopic (exact) mass is 395 g/mol. The van der Waals surface area contributed by atoms with Crippen molar-refractivity contribution in [1.82, 2.24) is 9.97 Å². The quantitative estimate of drug-likeness (QED) is 0.543. The second kappa shape index (κ2) is 7.24. The van der Waals surface area contributed by atoms with Gasteiger partial charge >= 0.3 is 0 Å². The topological polar surface area (TPSA) is 81.2 Å². The molecule has 0 aliphatic carbocycles. The van der Waals surface area contributed by atoms with Crippen molar-refractivity contribution >= 4 is 26.6 Å². The third kappa shape index (κ3) is 3.63. The van der Waals surface area contributed by atoms with Crippen LogP contribution >= 0.6 is 0 Å². The zero-order chi connectivity index (χ0) is 19.6. The van der Waals surface area contributed by atoms with Crippen molar-refractivity contribution in [2.45, 2.75) is 4.90 Å². The number of rotatable bonds is 5. The first-order valence-electron chi connectivity index (χ1n) is 8.27. The molecule has 0 amide bonds. The molecule has 2 aromatic carbocycles. The maximum Gasteiger partial charge on any atom is 0.262 e. The van der Waals surface area contributed by atoms with Crippen LogP contribution in [-0.2, 0) is 10.0 Å². The lowest BCUT2D eigenvalue weighted by Crippen LogP contribution is -2.13. The van der Waals surface area contributed by atoms with Crippen LogP contribution in [0.4, 0.5) is 10.1 Å². The number of fused-ring (bicyclic) bond motifs is 1. The number of ether oxygens (including phenoxy) is 1. The molecule has 6 nitrogen and oxygen atoms in total. The highest BCUT2D eigenvalue weighted by Crippen LogP contribution is 2.27. The van der Waals surface area contributed by atoms with Crippen molar-refractivity contribution < 1.29 is 17.5 Å². The van der Waals surface area contributed by atoms with Gasteiger partial charge in [0.05, 0.1) is 4.90 Å². The number of hydrogen-bond acceptors (Lipinski definition) is 5. The molecular weight excluding hydrogens is 381 g/mol. The summed E-state index contributed by atoms with van der Waals surface area (Å²) < 4.78 is 47.7. The second-order valence-electron chi connectivity index (χ2n) is 5.86. The lowest BCUT2D eigenvalue weighted by Gasteiger charge is -2.11. The molecule has 28 heavy (non-hydrogen) atoms. The molecule has 1 N–H and O–H groups in total. The van der Waals surface area contributed by atoms with Crippen LogP contribution in [0, 0.1) is 5.82 Å². The van der Waals surface area contributed by atoms with Gasteiger partial charge in [-0.25, -0.2) is 12.8 Å². The first-order valence-corrected chi connectivity index (χ1v) is 9.75. The molecule has 0 saturated heterocycles. The van der Waals surface area contributed by atoms with Gasteiger partial charge in [0.1, 0.15) is 22.8 Å². The maximum atomic E-state index is 13.9. The summed E-state index contributed by atoms with van der Waals surface area (Å²) in [4.78, 5) is 7.79. The van der Waals surface area contributed by atoms with Gasteiger partial charge in [-0.2, -0.15) is 0 Å². The Morgan fingerprint density at radius 1 is 0.857 bits per heavy atom. The molecule has 0 unspecified atom stereocenters. The van der Waals surface area contributed by atoms with Crippen LogP contribution in [0.25, 0.3) is 10.9 Å². The summed E-state index contributed by atoms with van der Waals surface area (Å²) in [5.41, 5.74) is 0.356. The van der Waals surface area contributed by atoms with E-state index in [-0.39, 0.29) is 15.8 Å². The van der Waals surface area contributed by atoms with Gasteiger partial charge < -0.3 is 4.74 Å². The van der Waals surface area contributed by atoms with Crippen LogP contribution in [0.1, 0.15) is 0 Å². The molecule has 2 heterocycles. The Kier molecular flexibility index (Phi) is 4.62. The van der Waals surface area contributed by atoms with E-state index in [0.29, 0.717) is 17.2 Å². The molecular formula is C20H14FN3O3S. The van der Waals surface area contributed by atoms with Gasteiger partial charge in [-0.15, -0.1) is 0 Å². The van der Waals surface area contributed by atoms with E-state index in [1.54, 1.807) is 54.9 Å². The van der Waals surface area contributed by atoms with E-state index >= 15 is 0 Å². The summed E-state index contributed by atoms with van der Waals surface area (Å²) in [6.45, 7) is 0. The van der Waals surface area contributed by atoms with Crippen LogP contribution in [0.2, 0.25) is 0 Å². The predicted octanol–water partition coefficient (Wildman–Crippen LogP) is 4.36. The summed E-state index contributed by atoms with van der Waals surface area (Å²) in [5, 5.41) is 0.215. The lowest BCUT2D eigenvalue weighted by molar-refractivity contribution is 0.482. The van der Waals surface area contributed by atoms with Crippen molar-refractivity contribution in [3.63, 3.8) is 0 Å². The average Bonchev–Trinajstić information content (AvgIpc) is 2.70. The number of anilines is 1. The van der Waals surface area contributed by atoms with Crippen molar-refractivity contribution in [3.8, 4) is 11.5 Å². The molecule has 0 aliphatic heterocycles. The molecule has 2 aromatic heterocycles. The summed E-state index contributed by atoms with van der Waals surface area (Å²) in [6, 6.07) is 15.3. The van der Waals surface area contributed by atoms with Crippen molar-refractivity contribution in [1.29, 1.82) is 0 Å². The third-order valence-electron chi connectivity index (χ3n) is 3.96. The molecule has 0 spiro atoms. The van der Waals surface area contributed by atoms with E-state index in [0.717, 1.165) is 6.07 Å². The van der Waals surface area contributed by atoms with Gasteiger partial charge in [-0.3, -0.25) is 14.7 Å². The van der Waals surface area contributed by atoms with Gasteiger partial charge in [-0.05, 0) is 60.7 Å². The van der Waals surface area contributed by atoms with Crippen LogP contribution in [0.3, 0.4) is 0 Å². The van der Waals surface area contributed by atoms with Crippen LogP contribution < -0.4 is 9.46 Å². The molecule has 4 aromatic rings. The minimum absolute atomic E-state index is 0.00599. The first kappa shape index (κ1) is 17.9. The molecule has 8 heteroatoms. The van der Waals surface area contributed by atoms with E-state index in [2.05, 4.69) is 14.7 Å². The second-order valence-corrected chi connectivity index (χ2v) is 7.51. The number of nitrogens with one attached hydrogen (secondary N) is 1. The SMILES string of the molecule is O=S(=O)(Nc1ccc(Oc2ccncc2)cc1)c1ccc(F)c2ncccc12. The first-order chi connectivity index (χ1) is 13.5. The Hall–Kier alpha value is -3.52. The van der Waals surface area contributed by atoms with Crippen LogP contribution in [-0.4, -0.2) is 18.4 Å². The summed E-state index contributed by atoms with van der Waals surface area (Å²) in [5.74, 6) is 0.589. The fourth-order valence-corrected chi connectivity index (χ4v) is 3.95. The average molecular weight is 395 g/mol. The zero-order valence-electron chi connectivity index (χ0n) is 14.4. The maximum absolute atomic E-state index is 13.9. The summed E-state index contributed by atoms with van der Waals surface area (Å²) in [6.07, 6.45) is 4.64. The van der Waals surface area contributed by atoms with E-state index in [1.165, 1.54) is 18.3 Å². The normalized spacial score (nSPS) is 11.3. The Labute approximate surface area is 160 Å². The lowest BCUT2D eigenvalue weighted by atomic mass is 10.2. The van der Waals surface area contributed by atoms with Gasteiger partial charge in [0.25, 0.3) is 10.0 Å². The van der Waals surface area contributed by atoms with E-state index in [4.69, 9.17) is 4.74 Å². The minimum Gasteiger partial charge on any atom is -0.457 e. The largest absolute Gasteiger partial charge is 0.457 e. The Morgan fingerprint density at radius 3 is 2.32 bits per heavy atom. The number of benzene rings is 2. The molecule has 0 atom stereocenters. The standard InChI is InChI=1S/C20H14FN3O3S/c21-18-7-8-19(17-2-1-11-23-20(17)18)28(25,26)24-14-3-5-15(6-4-14)27-16-9-12-22-13-10-16/h1-13,24H. The molecule has 0 radical (unpaired) electrons. The molecule has 0 aliphatic rings. The molecule has 0 saturated carbocycles. The van der Waals surface area contributed by atoms with Crippen molar-refractivity contribution in [2.24, 2.45) is 0 Å². The smallest absolute Gasteiger partial charge is 0.262 e. The van der Waals surface area contributed by atoms with E-state index in [9.17, 15) is 12.8 Å². The molecule has 0 fully saturated rings. The van der Waals surface area contributed by atoms with Crippen LogP contribution in [0.15, 0.2) is 84.1 Å².